The van der Waals surface area contributed by atoms with Gasteiger partial charge in [-0.2, -0.15) is 0 Å². The highest BCUT2D eigenvalue weighted by molar-refractivity contribution is 7.89. The second-order valence-corrected chi connectivity index (χ2v) is 6.74. The fourth-order valence-electron chi connectivity index (χ4n) is 2.29. The van der Waals surface area contributed by atoms with Crippen LogP contribution in [0.15, 0.2) is 0 Å². The highest BCUT2D eigenvalue weighted by Crippen LogP contribution is 2.13. The predicted octanol–water partition coefficient (Wildman–Crippen LogP) is -0.679. The molecule has 0 bridgehead atoms. The van der Waals surface area contributed by atoms with Crippen molar-refractivity contribution in [1.82, 2.24) is 10.0 Å². The average molecular weight is 278 g/mol. The van der Waals surface area contributed by atoms with E-state index in [9.17, 15) is 8.42 Å². The summed E-state index contributed by atoms with van der Waals surface area (Å²) in [6.07, 6.45) is 1.72. The summed E-state index contributed by atoms with van der Waals surface area (Å²) in [5.41, 5.74) is 0. The lowest BCUT2D eigenvalue weighted by molar-refractivity contribution is -0.0847. The quantitative estimate of drug-likeness (QED) is 0.697. The smallest absolute Gasteiger partial charge is 0.211 e. The zero-order chi connectivity index (χ0) is 12.8. The topological polar surface area (TPSA) is 76.7 Å². The van der Waals surface area contributed by atoms with Crippen LogP contribution in [0.5, 0.6) is 0 Å². The van der Waals surface area contributed by atoms with Gasteiger partial charge >= 0.3 is 0 Å². The molecule has 0 aromatic rings. The molecule has 2 rings (SSSR count). The maximum absolute atomic E-state index is 11.9. The van der Waals surface area contributed by atoms with Gasteiger partial charge in [-0.15, -0.1) is 0 Å². The molecule has 2 heterocycles. The minimum absolute atomic E-state index is 0.151. The van der Waals surface area contributed by atoms with Crippen LogP contribution in [0.3, 0.4) is 0 Å². The normalized spacial score (nSPS) is 27.2. The summed E-state index contributed by atoms with van der Waals surface area (Å²) in [4.78, 5) is 0. The van der Waals surface area contributed by atoms with Crippen molar-refractivity contribution in [3.8, 4) is 0 Å². The third-order valence-corrected chi connectivity index (χ3v) is 4.85. The molecule has 0 spiro atoms. The molecule has 2 fully saturated rings. The molecular weight excluding hydrogens is 256 g/mol. The molecule has 1 unspecified atom stereocenters. The molecule has 18 heavy (non-hydrogen) atoms. The molecule has 0 aliphatic carbocycles. The molecule has 2 N–H and O–H groups in total. The van der Waals surface area contributed by atoms with Gasteiger partial charge in [0, 0.05) is 6.54 Å². The molecule has 106 valence electrons. The summed E-state index contributed by atoms with van der Waals surface area (Å²) in [5.74, 6) is 0.495. The van der Waals surface area contributed by atoms with Crippen molar-refractivity contribution in [2.75, 3.05) is 45.2 Å². The Morgan fingerprint density at radius 3 is 2.67 bits per heavy atom. The Hall–Kier alpha value is -0.210. The van der Waals surface area contributed by atoms with Gasteiger partial charge in [-0.05, 0) is 31.8 Å². The number of rotatable bonds is 5. The van der Waals surface area contributed by atoms with Gasteiger partial charge in [-0.3, -0.25) is 0 Å². The lowest BCUT2D eigenvalue weighted by atomic mass is 10.0. The molecule has 2 saturated heterocycles. The third-order valence-electron chi connectivity index (χ3n) is 3.33. The van der Waals surface area contributed by atoms with Crippen molar-refractivity contribution < 1.29 is 17.9 Å². The van der Waals surface area contributed by atoms with E-state index in [0.29, 0.717) is 26.4 Å². The van der Waals surface area contributed by atoms with Gasteiger partial charge in [-0.1, -0.05) is 0 Å². The van der Waals surface area contributed by atoms with Gasteiger partial charge in [0.2, 0.25) is 10.0 Å². The Morgan fingerprint density at radius 1 is 1.22 bits per heavy atom. The monoisotopic (exact) mass is 278 g/mol. The van der Waals surface area contributed by atoms with Crippen LogP contribution in [-0.4, -0.2) is 59.7 Å². The van der Waals surface area contributed by atoms with Gasteiger partial charge in [0.15, 0.2) is 0 Å². The highest BCUT2D eigenvalue weighted by Gasteiger charge is 2.23. The largest absolute Gasteiger partial charge is 0.376 e. The van der Waals surface area contributed by atoms with Crippen LogP contribution in [-0.2, 0) is 19.5 Å². The first kappa shape index (κ1) is 14.2. The van der Waals surface area contributed by atoms with Crippen LogP contribution in [0.25, 0.3) is 0 Å². The zero-order valence-corrected chi connectivity index (χ0v) is 11.4. The van der Waals surface area contributed by atoms with E-state index in [-0.39, 0.29) is 17.8 Å². The second-order valence-electron chi connectivity index (χ2n) is 4.89. The number of sulfonamides is 1. The summed E-state index contributed by atoms with van der Waals surface area (Å²) in [6, 6.07) is 0. The maximum atomic E-state index is 11.9. The number of nitrogens with one attached hydrogen (secondary N) is 2. The van der Waals surface area contributed by atoms with E-state index in [4.69, 9.17) is 9.47 Å². The van der Waals surface area contributed by atoms with Crippen molar-refractivity contribution in [2.24, 2.45) is 5.92 Å². The predicted molar refractivity (Wildman–Crippen MR) is 67.9 cm³/mol. The van der Waals surface area contributed by atoms with E-state index < -0.39 is 10.0 Å². The molecule has 0 radical (unpaired) electrons. The Labute approximate surface area is 108 Å². The van der Waals surface area contributed by atoms with E-state index in [1.54, 1.807) is 0 Å². The third kappa shape index (κ3) is 4.81. The van der Waals surface area contributed by atoms with Crippen LogP contribution in [0, 0.1) is 5.92 Å². The van der Waals surface area contributed by atoms with Crippen LogP contribution in [0.1, 0.15) is 12.8 Å². The Bertz CT molecular complexity index is 335. The van der Waals surface area contributed by atoms with Gasteiger partial charge < -0.3 is 14.8 Å². The van der Waals surface area contributed by atoms with Crippen LogP contribution < -0.4 is 10.0 Å². The fourth-order valence-corrected chi connectivity index (χ4v) is 3.80. The van der Waals surface area contributed by atoms with E-state index in [0.717, 1.165) is 25.9 Å². The standard InChI is InChI=1S/C11H22N2O4S/c14-18(15,9-10-1-3-12-4-2-10)13-7-11-8-16-5-6-17-11/h10-13H,1-9H2. The van der Waals surface area contributed by atoms with Crippen molar-refractivity contribution >= 4 is 10.0 Å². The Kier molecular flexibility index (Phi) is 5.38. The Balaban J connectivity index is 1.72. The highest BCUT2D eigenvalue weighted by atomic mass is 32.2. The van der Waals surface area contributed by atoms with Gasteiger partial charge in [0.25, 0.3) is 0 Å². The summed E-state index contributed by atoms with van der Waals surface area (Å²) >= 11 is 0. The van der Waals surface area contributed by atoms with Crippen molar-refractivity contribution in [3.63, 3.8) is 0 Å². The molecule has 0 saturated carbocycles. The number of ether oxygens (including phenoxy) is 2. The van der Waals surface area contributed by atoms with Crippen LogP contribution >= 0.6 is 0 Å². The van der Waals surface area contributed by atoms with E-state index >= 15 is 0 Å². The van der Waals surface area contributed by atoms with Gasteiger partial charge in [0.1, 0.15) is 0 Å². The molecular formula is C11H22N2O4S. The van der Waals surface area contributed by atoms with E-state index in [2.05, 4.69) is 10.0 Å². The summed E-state index contributed by atoms with van der Waals surface area (Å²) in [7, 11) is -3.19. The number of hydrogen-bond acceptors (Lipinski definition) is 5. The minimum atomic E-state index is -3.19. The first-order chi connectivity index (χ1) is 8.66. The summed E-state index contributed by atoms with van der Waals surface area (Å²) in [5, 5.41) is 3.23. The summed E-state index contributed by atoms with van der Waals surface area (Å²) in [6.45, 7) is 3.75. The summed E-state index contributed by atoms with van der Waals surface area (Å²) < 4.78 is 37.1. The van der Waals surface area contributed by atoms with Crippen LogP contribution in [0.2, 0.25) is 0 Å². The van der Waals surface area contributed by atoms with Gasteiger partial charge in [-0.25, -0.2) is 13.1 Å². The molecule has 6 nitrogen and oxygen atoms in total. The van der Waals surface area contributed by atoms with E-state index in [1.807, 2.05) is 0 Å². The fraction of sp³-hybridized carbons (Fsp3) is 1.00. The number of piperidine rings is 1. The SMILES string of the molecule is O=S(=O)(CC1CCNCC1)NCC1COCCO1. The maximum Gasteiger partial charge on any atom is 0.211 e. The molecule has 1 atom stereocenters. The first-order valence-electron chi connectivity index (χ1n) is 6.53. The van der Waals surface area contributed by atoms with Crippen molar-refractivity contribution in [2.45, 2.75) is 18.9 Å². The van der Waals surface area contributed by atoms with Gasteiger partial charge in [0.05, 0.1) is 31.7 Å². The molecule has 0 amide bonds. The van der Waals surface area contributed by atoms with E-state index in [1.165, 1.54) is 0 Å². The second kappa shape index (κ2) is 6.81. The molecule has 2 aliphatic heterocycles. The Morgan fingerprint density at radius 2 is 2.00 bits per heavy atom. The lowest BCUT2D eigenvalue weighted by Crippen LogP contribution is -2.42. The number of hydrogen-bond donors (Lipinski definition) is 2. The van der Waals surface area contributed by atoms with Crippen LogP contribution in [0.4, 0.5) is 0 Å². The first-order valence-corrected chi connectivity index (χ1v) is 8.18. The molecule has 2 aliphatic rings. The molecule has 0 aromatic carbocycles. The molecule has 7 heteroatoms. The average Bonchev–Trinajstić information content (AvgIpc) is 2.38. The minimum Gasteiger partial charge on any atom is -0.376 e. The molecule has 0 aromatic heterocycles. The van der Waals surface area contributed by atoms with Crippen molar-refractivity contribution in [3.05, 3.63) is 0 Å². The van der Waals surface area contributed by atoms with Crippen molar-refractivity contribution in [1.29, 1.82) is 0 Å². The zero-order valence-electron chi connectivity index (χ0n) is 10.6. The lowest BCUT2D eigenvalue weighted by Gasteiger charge is -2.25.